The number of hydrogen-bond acceptors (Lipinski definition) is 6. The van der Waals surface area contributed by atoms with Crippen molar-refractivity contribution in [2.75, 3.05) is 40.9 Å². The number of phosphoric acid groups is 1. The lowest BCUT2D eigenvalue weighted by atomic mass is 10.1. The van der Waals surface area contributed by atoms with E-state index in [-0.39, 0.29) is 12.5 Å². The van der Waals surface area contributed by atoms with E-state index in [0.717, 1.165) is 89.9 Å². The highest BCUT2D eigenvalue weighted by Crippen LogP contribution is 2.38. The van der Waals surface area contributed by atoms with Crippen molar-refractivity contribution >= 4 is 13.7 Å². The molecule has 0 saturated carbocycles. The first kappa shape index (κ1) is 60.4. The number of likely N-dealkylation sites (N-methyl/N-ethyl adjacent to an activating group) is 1. The molecule has 0 fully saturated rings. The van der Waals surface area contributed by atoms with Gasteiger partial charge in [-0.25, -0.2) is 0 Å². The van der Waals surface area contributed by atoms with Crippen molar-refractivity contribution in [1.29, 1.82) is 0 Å². The normalized spacial score (nSPS) is 15.0. The SMILES string of the molecule is CC/C=C\C/C=C\C/C=C\C/C=C\C/C=C\C/C=C\CCCCCCCCCCC(=O)NC(COP(=O)([O-])OCC[N+](C)(C)C)C(O)/C=C/CC/C=C/CCCCCCCCCC. The van der Waals surface area contributed by atoms with Crippen LogP contribution >= 0.6 is 7.82 Å². The van der Waals surface area contributed by atoms with Crippen LogP contribution in [-0.4, -0.2) is 68.5 Å². The van der Waals surface area contributed by atoms with Crippen LogP contribution in [0.25, 0.3) is 0 Å². The molecule has 0 spiro atoms. The van der Waals surface area contributed by atoms with E-state index in [1.54, 1.807) is 6.08 Å². The van der Waals surface area contributed by atoms with Crippen LogP contribution in [0.15, 0.2) is 97.2 Å². The first-order valence-corrected chi connectivity index (χ1v) is 26.6. The smallest absolute Gasteiger partial charge is 0.268 e. The molecule has 0 aromatic rings. The summed E-state index contributed by atoms with van der Waals surface area (Å²) in [5, 5.41) is 13.8. The lowest BCUT2D eigenvalue weighted by Crippen LogP contribution is -2.45. The van der Waals surface area contributed by atoms with Crippen LogP contribution in [0.5, 0.6) is 0 Å². The largest absolute Gasteiger partial charge is 0.756 e. The van der Waals surface area contributed by atoms with Gasteiger partial charge in [-0.05, 0) is 83.5 Å². The third-order valence-corrected chi connectivity index (χ3v) is 11.5. The highest BCUT2D eigenvalue weighted by molar-refractivity contribution is 7.45. The number of aliphatic hydroxyl groups is 1. The van der Waals surface area contributed by atoms with Crippen LogP contribution in [0.3, 0.4) is 0 Å². The molecule has 0 aliphatic heterocycles. The molecule has 3 atom stereocenters. The van der Waals surface area contributed by atoms with Gasteiger partial charge in [0.15, 0.2) is 0 Å². The molecule has 0 aromatic heterocycles. The molecule has 0 radical (unpaired) electrons. The number of quaternary nitrogens is 1. The van der Waals surface area contributed by atoms with Gasteiger partial charge in [-0.15, -0.1) is 0 Å². The van der Waals surface area contributed by atoms with E-state index in [0.29, 0.717) is 17.4 Å². The van der Waals surface area contributed by atoms with Gasteiger partial charge in [-0.3, -0.25) is 9.36 Å². The van der Waals surface area contributed by atoms with Gasteiger partial charge < -0.3 is 28.8 Å². The average molecular weight is 899 g/mol. The number of phosphoric ester groups is 1. The Morgan fingerprint density at radius 3 is 1.48 bits per heavy atom. The van der Waals surface area contributed by atoms with Gasteiger partial charge in [0.2, 0.25) is 5.91 Å². The van der Waals surface area contributed by atoms with Crippen molar-refractivity contribution < 1.29 is 32.9 Å². The van der Waals surface area contributed by atoms with Crippen LogP contribution in [0.1, 0.15) is 187 Å². The number of hydrogen-bond donors (Lipinski definition) is 2. The summed E-state index contributed by atoms with van der Waals surface area (Å²) in [6, 6.07) is -0.913. The van der Waals surface area contributed by atoms with Crippen molar-refractivity contribution in [2.24, 2.45) is 0 Å². The number of carbonyl (C=O) groups is 1. The second-order valence-electron chi connectivity index (χ2n) is 17.8. The molecule has 9 heteroatoms. The van der Waals surface area contributed by atoms with Crippen molar-refractivity contribution in [1.82, 2.24) is 5.32 Å². The molecule has 3 unspecified atom stereocenters. The summed E-state index contributed by atoms with van der Waals surface area (Å²) in [7, 11) is 1.22. The van der Waals surface area contributed by atoms with Crippen LogP contribution in [-0.2, 0) is 18.4 Å². The molecule has 0 bridgehead atoms. The van der Waals surface area contributed by atoms with Crippen molar-refractivity contribution in [3.05, 3.63) is 97.2 Å². The van der Waals surface area contributed by atoms with E-state index in [2.05, 4.69) is 104 Å². The molecular formula is C54H95N2O6P. The second kappa shape index (κ2) is 44.6. The number of rotatable bonds is 44. The Kier molecular flexibility index (Phi) is 42.8. The summed E-state index contributed by atoms with van der Waals surface area (Å²) < 4.78 is 23.2. The Morgan fingerprint density at radius 1 is 0.571 bits per heavy atom. The number of carbonyl (C=O) groups excluding carboxylic acids is 1. The first-order chi connectivity index (χ1) is 30.5. The zero-order chi connectivity index (χ0) is 46.4. The second-order valence-corrected chi connectivity index (χ2v) is 19.2. The zero-order valence-electron chi connectivity index (χ0n) is 41.0. The summed E-state index contributed by atoms with van der Waals surface area (Å²) in [5.41, 5.74) is 0. The van der Waals surface area contributed by atoms with Crippen LogP contribution < -0.4 is 10.2 Å². The fourth-order valence-electron chi connectivity index (χ4n) is 6.58. The zero-order valence-corrected chi connectivity index (χ0v) is 41.9. The van der Waals surface area contributed by atoms with E-state index in [4.69, 9.17) is 9.05 Å². The number of allylic oxidation sites excluding steroid dienone is 15. The minimum absolute atomic E-state index is 0.0132. The lowest BCUT2D eigenvalue weighted by molar-refractivity contribution is -0.870. The molecule has 0 aliphatic carbocycles. The molecule has 8 nitrogen and oxygen atoms in total. The highest BCUT2D eigenvalue weighted by atomic mass is 31.2. The predicted octanol–water partition coefficient (Wildman–Crippen LogP) is 14.1. The van der Waals surface area contributed by atoms with E-state index in [9.17, 15) is 19.4 Å². The number of amides is 1. The minimum Gasteiger partial charge on any atom is -0.756 e. The molecule has 1 amide bonds. The summed E-state index contributed by atoms with van der Waals surface area (Å²) in [5.74, 6) is -0.221. The third kappa shape index (κ3) is 47.2. The van der Waals surface area contributed by atoms with Gasteiger partial charge >= 0.3 is 0 Å². The van der Waals surface area contributed by atoms with Gasteiger partial charge in [-0.2, -0.15) is 0 Å². The summed E-state index contributed by atoms with van der Waals surface area (Å²) in [4.78, 5) is 25.4. The van der Waals surface area contributed by atoms with Gasteiger partial charge in [0.1, 0.15) is 13.2 Å². The maximum atomic E-state index is 12.9. The lowest BCUT2D eigenvalue weighted by Gasteiger charge is -2.29. The Balaban J connectivity index is 4.33. The van der Waals surface area contributed by atoms with Crippen molar-refractivity contribution in [3.63, 3.8) is 0 Å². The van der Waals surface area contributed by atoms with E-state index < -0.39 is 26.6 Å². The topological polar surface area (TPSA) is 108 Å². The molecule has 0 saturated heterocycles. The summed E-state index contributed by atoms with van der Waals surface area (Å²) in [6.07, 6.45) is 63.2. The first-order valence-electron chi connectivity index (χ1n) is 25.1. The Bertz CT molecular complexity index is 1340. The Hall–Kier alpha value is -2.58. The number of aliphatic hydroxyl groups excluding tert-OH is 1. The fourth-order valence-corrected chi connectivity index (χ4v) is 7.30. The van der Waals surface area contributed by atoms with Gasteiger partial charge in [0.05, 0.1) is 39.9 Å². The Labute approximate surface area is 388 Å². The highest BCUT2D eigenvalue weighted by Gasteiger charge is 2.23. The fraction of sp³-hybridized carbons (Fsp3) is 0.685. The van der Waals surface area contributed by atoms with Crippen LogP contribution in [0.4, 0.5) is 0 Å². The molecule has 362 valence electrons. The number of nitrogens with one attached hydrogen (secondary N) is 1. The predicted molar refractivity (Wildman–Crippen MR) is 269 cm³/mol. The van der Waals surface area contributed by atoms with E-state index in [1.165, 1.54) is 77.0 Å². The maximum Gasteiger partial charge on any atom is 0.268 e. The standard InChI is InChI=1S/C54H95N2O6P/c1-6-8-10-12-14-16-18-20-22-23-24-25-26-27-28-29-30-31-32-33-34-36-38-40-42-44-46-48-54(58)55-52(51-62-63(59,60)61-50-49-56(3,4)5)53(57)47-45-43-41-39-37-35-21-19-17-15-13-11-9-7-2/h8,10,14,16,20,22,24-25,27-28,30-31,37,39,45,47,52-53,57H,6-7,9,11-13,15,17-19,21,23,26,29,32-36,38,40-44,46,48-51H2,1-5H3,(H-,55,58,59,60)/b10-8-,16-14-,22-20-,25-24-,28-27-,31-30-,39-37+,47-45+. The van der Waals surface area contributed by atoms with Crippen LogP contribution in [0, 0.1) is 0 Å². The maximum absolute atomic E-state index is 12.9. The molecule has 2 N–H and O–H groups in total. The minimum atomic E-state index is -4.61. The van der Waals surface area contributed by atoms with Crippen molar-refractivity contribution in [3.8, 4) is 0 Å². The van der Waals surface area contributed by atoms with E-state index >= 15 is 0 Å². The summed E-state index contributed by atoms with van der Waals surface area (Å²) >= 11 is 0. The Morgan fingerprint density at radius 2 is 0.984 bits per heavy atom. The molecule has 0 aliphatic rings. The molecular weight excluding hydrogens is 804 g/mol. The third-order valence-electron chi connectivity index (χ3n) is 10.5. The molecule has 63 heavy (non-hydrogen) atoms. The number of unbranched alkanes of at least 4 members (excludes halogenated alkanes) is 17. The quantitative estimate of drug-likeness (QED) is 0.0273. The van der Waals surface area contributed by atoms with Crippen LogP contribution in [0.2, 0.25) is 0 Å². The monoisotopic (exact) mass is 899 g/mol. The number of nitrogens with zero attached hydrogens (tertiary/aromatic N) is 1. The van der Waals surface area contributed by atoms with Gasteiger partial charge in [0, 0.05) is 6.42 Å². The summed E-state index contributed by atoms with van der Waals surface area (Å²) in [6.45, 7) is 4.48. The van der Waals surface area contributed by atoms with Crippen molar-refractivity contribution in [2.45, 2.75) is 199 Å². The van der Waals surface area contributed by atoms with E-state index in [1.807, 2.05) is 27.2 Å². The molecule has 0 rings (SSSR count). The van der Waals surface area contributed by atoms with Gasteiger partial charge in [-0.1, -0.05) is 195 Å². The average Bonchev–Trinajstić information content (AvgIpc) is 3.24. The molecule has 0 aromatic carbocycles. The molecule has 0 heterocycles. The van der Waals surface area contributed by atoms with Gasteiger partial charge in [0.25, 0.3) is 7.82 Å².